The van der Waals surface area contributed by atoms with Crippen LogP contribution in [0.2, 0.25) is 5.02 Å². The Bertz CT molecular complexity index is 464. The molecule has 2 rings (SSSR count). The van der Waals surface area contributed by atoms with Gasteiger partial charge < -0.3 is 10.2 Å². The van der Waals surface area contributed by atoms with Crippen LogP contribution in [-0.2, 0) is 4.79 Å². The number of hydrogen-bond donors (Lipinski definition) is 1. The zero-order valence-electron chi connectivity index (χ0n) is 11.8. The highest BCUT2D eigenvalue weighted by molar-refractivity contribution is 6.34. The first-order valence-electron chi connectivity index (χ1n) is 6.73. The van der Waals surface area contributed by atoms with Gasteiger partial charge in [-0.1, -0.05) is 17.7 Å². The second-order valence-electron chi connectivity index (χ2n) is 5.53. The normalized spacial score (nSPS) is 20.3. The molecule has 1 aromatic carbocycles. The lowest BCUT2D eigenvalue weighted by Crippen LogP contribution is -2.38. The van der Waals surface area contributed by atoms with E-state index in [0.29, 0.717) is 5.02 Å². The SMILES string of the molecule is Cc1cc(C)c(NC(=O)C2CCCN(C)C2)c(Cl)c1. The van der Waals surface area contributed by atoms with Gasteiger partial charge in [0, 0.05) is 6.54 Å². The highest BCUT2D eigenvalue weighted by Crippen LogP contribution is 2.28. The summed E-state index contributed by atoms with van der Waals surface area (Å²) in [6, 6.07) is 3.92. The van der Waals surface area contributed by atoms with Crippen LogP contribution in [0.1, 0.15) is 24.0 Å². The number of rotatable bonds is 2. The van der Waals surface area contributed by atoms with E-state index in [1.807, 2.05) is 26.0 Å². The van der Waals surface area contributed by atoms with Gasteiger partial charge in [0.05, 0.1) is 16.6 Å². The fourth-order valence-electron chi connectivity index (χ4n) is 2.68. The molecule has 1 amide bonds. The summed E-state index contributed by atoms with van der Waals surface area (Å²) < 4.78 is 0. The average Bonchev–Trinajstić information content (AvgIpc) is 2.33. The second-order valence-corrected chi connectivity index (χ2v) is 5.94. The summed E-state index contributed by atoms with van der Waals surface area (Å²) >= 11 is 6.22. The van der Waals surface area contributed by atoms with Crippen molar-refractivity contribution in [1.29, 1.82) is 0 Å². The number of nitrogens with one attached hydrogen (secondary N) is 1. The van der Waals surface area contributed by atoms with Crippen molar-refractivity contribution in [3.05, 3.63) is 28.3 Å². The van der Waals surface area contributed by atoms with Crippen molar-refractivity contribution < 1.29 is 4.79 Å². The van der Waals surface area contributed by atoms with Crippen LogP contribution in [0.4, 0.5) is 5.69 Å². The number of piperidine rings is 1. The monoisotopic (exact) mass is 280 g/mol. The molecule has 104 valence electrons. The zero-order valence-corrected chi connectivity index (χ0v) is 12.5. The molecule has 1 heterocycles. The van der Waals surface area contributed by atoms with Crippen LogP contribution in [0.5, 0.6) is 0 Å². The van der Waals surface area contributed by atoms with Crippen LogP contribution < -0.4 is 5.32 Å². The lowest BCUT2D eigenvalue weighted by atomic mass is 9.97. The maximum absolute atomic E-state index is 12.3. The van der Waals surface area contributed by atoms with Crippen molar-refractivity contribution >= 4 is 23.2 Å². The van der Waals surface area contributed by atoms with Crippen molar-refractivity contribution in [1.82, 2.24) is 4.90 Å². The second kappa shape index (κ2) is 5.93. The minimum Gasteiger partial charge on any atom is -0.324 e. The molecule has 1 aliphatic rings. The fourth-order valence-corrected chi connectivity index (χ4v) is 3.05. The molecule has 0 bridgehead atoms. The Morgan fingerprint density at radius 1 is 1.42 bits per heavy atom. The molecule has 1 atom stereocenters. The number of carbonyl (C=O) groups is 1. The minimum absolute atomic E-state index is 0.0653. The van der Waals surface area contributed by atoms with Crippen molar-refractivity contribution in [3.63, 3.8) is 0 Å². The number of anilines is 1. The van der Waals surface area contributed by atoms with E-state index in [2.05, 4.69) is 17.3 Å². The van der Waals surface area contributed by atoms with Gasteiger partial charge in [0.15, 0.2) is 0 Å². The maximum Gasteiger partial charge on any atom is 0.228 e. The summed E-state index contributed by atoms with van der Waals surface area (Å²) in [5.74, 6) is 0.149. The Labute approximate surface area is 119 Å². The van der Waals surface area contributed by atoms with Gasteiger partial charge in [-0.2, -0.15) is 0 Å². The van der Waals surface area contributed by atoms with E-state index in [9.17, 15) is 4.79 Å². The van der Waals surface area contributed by atoms with Crippen molar-refractivity contribution in [2.75, 3.05) is 25.5 Å². The summed E-state index contributed by atoms with van der Waals surface area (Å²) in [7, 11) is 2.06. The molecule has 1 aromatic rings. The van der Waals surface area contributed by atoms with Crippen LogP contribution in [0.15, 0.2) is 12.1 Å². The van der Waals surface area contributed by atoms with Gasteiger partial charge in [-0.3, -0.25) is 4.79 Å². The summed E-state index contributed by atoms with van der Waals surface area (Å²) in [6.45, 7) is 5.88. The topological polar surface area (TPSA) is 32.3 Å². The number of amides is 1. The van der Waals surface area contributed by atoms with Crippen LogP contribution in [0, 0.1) is 19.8 Å². The highest BCUT2D eigenvalue weighted by Gasteiger charge is 2.24. The molecule has 19 heavy (non-hydrogen) atoms. The van der Waals surface area contributed by atoms with Gasteiger partial charge in [0.25, 0.3) is 0 Å². The van der Waals surface area contributed by atoms with E-state index in [0.717, 1.165) is 42.7 Å². The molecule has 0 aliphatic carbocycles. The van der Waals surface area contributed by atoms with Crippen molar-refractivity contribution in [3.8, 4) is 0 Å². The third-order valence-electron chi connectivity index (χ3n) is 3.68. The van der Waals surface area contributed by atoms with Gasteiger partial charge in [0.1, 0.15) is 0 Å². The fraction of sp³-hybridized carbons (Fsp3) is 0.533. The van der Waals surface area contributed by atoms with E-state index < -0.39 is 0 Å². The predicted octanol–water partition coefficient (Wildman–Crippen LogP) is 3.24. The molecule has 1 aliphatic heterocycles. The minimum atomic E-state index is 0.0653. The summed E-state index contributed by atoms with van der Waals surface area (Å²) in [6.07, 6.45) is 2.04. The molecule has 1 fully saturated rings. The summed E-state index contributed by atoms with van der Waals surface area (Å²) in [5, 5.41) is 3.62. The number of carbonyl (C=O) groups excluding carboxylic acids is 1. The first-order chi connectivity index (χ1) is 8.97. The maximum atomic E-state index is 12.3. The molecule has 0 aromatic heterocycles. The summed E-state index contributed by atoms with van der Waals surface area (Å²) in [4.78, 5) is 14.5. The van der Waals surface area contributed by atoms with Gasteiger partial charge in [0.2, 0.25) is 5.91 Å². The quantitative estimate of drug-likeness (QED) is 0.902. The molecule has 0 spiro atoms. The number of nitrogens with zero attached hydrogens (tertiary/aromatic N) is 1. The Kier molecular flexibility index (Phi) is 4.48. The van der Waals surface area contributed by atoms with E-state index >= 15 is 0 Å². The zero-order chi connectivity index (χ0) is 14.0. The van der Waals surface area contributed by atoms with Gasteiger partial charge in [-0.05, 0) is 57.5 Å². The van der Waals surface area contributed by atoms with Gasteiger partial charge in [-0.25, -0.2) is 0 Å². The molecular weight excluding hydrogens is 260 g/mol. The molecule has 0 saturated carbocycles. The largest absolute Gasteiger partial charge is 0.324 e. The lowest BCUT2D eigenvalue weighted by Gasteiger charge is -2.29. The Morgan fingerprint density at radius 3 is 2.79 bits per heavy atom. The first kappa shape index (κ1) is 14.4. The number of hydrogen-bond acceptors (Lipinski definition) is 2. The molecular formula is C15H21ClN2O. The molecule has 1 saturated heterocycles. The van der Waals surface area contributed by atoms with Gasteiger partial charge >= 0.3 is 0 Å². The highest BCUT2D eigenvalue weighted by atomic mass is 35.5. The molecule has 3 nitrogen and oxygen atoms in total. The first-order valence-corrected chi connectivity index (χ1v) is 7.11. The van der Waals surface area contributed by atoms with E-state index in [1.165, 1.54) is 0 Å². The van der Waals surface area contributed by atoms with Crippen LogP contribution >= 0.6 is 11.6 Å². The van der Waals surface area contributed by atoms with Crippen molar-refractivity contribution in [2.45, 2.75) is 26.7 Å². The lowest BCUT2D eigenvalue weighted by molar-refractivity contribution is -0.121. The molecule has 1 unspecified atom stereocenters. The number of benzene rings is 1. The Balaban J connectivity index is 2.10. The van der Waals surface area contributed by atoms with Crippen LogP contribution in [-0.4, -0.2) is 30.9 Å². The number of likely N-dealkylation sites (tertiary alicyclic amines) is 1. The number of halogens is 1. The number of aryl methyl sites for hydroxylation is 2. The molecule has 0 radical (unpaired) electrons. The van der Waals surface area contributed by atoms with E-state index in [1.54, 1.807) is 0 Å². The van der Waals surface area contributed by atoms with E-state index in [-0.39, 0.29) is 11.8 Å². The van der Waals surface area contributed by atoms with Crippen LogP contribution in [0.3, 0.4) is 0 Å². The van der Waals surface area contributed by atoms with Crippen LogP contribution in [0.25, 0.3) is 0 Å². The smallest absolute Gasteiger partial charge is 0.228 e. The van der Waals surface area contributed by atoms with E-state index in [4.69, 9.17) is 11.6 Å². The van der Waals surface area contributed by atoms with Gasteiger partial charge in [-0.15, -0.1) is 0 Å². The standard InChI is InChI=1S/C15H21ClN2O/c1-10-7-11(2)14(13(16)8-10)17-15(19)12-5-4-6-18(3)9-12/h7-8,12H,4-6,9H2,1-3H3,(H,17,19). The summed E-state index contributed by atoms with van der Waals surface area (Å²) in [5.41, 5.74) is 2.88. The van der Waals surface area contributed by atoms with Crippen molar-refractivity contribution in [2.24, 2.45) is 5.92 Å². The third-order valence-corrected chi connectivity index (χ3v) is 3.97. The predicted molar refractivity (Wildman–Crippen MR) is 79.8 cm³/mol. The average molecular weight is 281 g/mol. The molecule has 4 heteroatoms. The molecule has 1 N–H and O–H groups in total. The Morgan fingerprint density at radius 2 is 2.16 bits per heavy atom. The third kappa shape index (κ3) is 3.48. The Hall–Kier alpha value is -1.06.